The van der Waals surface area contributed by atoms with Gasteiger partial charge in [-0.3, -0.25) is 4.79 Å². The minimum Gasteiger partial charge on any atom is -0.391 e. The first-order chi connectivity index (χ1) is 21.1. The van der Waals surface area contributed by atoms with Crippen LogP contribution in [0.2, 0.25) is 5.02 Å². The van der Waals surface area contributed by atoms with Crippen LogP contribution in [0.3, 0.4) is 0 Å². The molecule has 2 aliphatic rings. The van der Waals surface area contributed by atoms with Gasteiger partial charge in [-0.1, -0.05) is 16.8 Å². The molecule has 7 nitrogen and oxygen atoms in total. The first-order valence-electron chi connectivity index (χ1n) is 12.9. The predicted octanol–water partition coefficient (Wildman–Crippen LogP) is 6.21. The molecular weight excluding hydrogens is 664 g/mol. The van der Waals surface area contributed by atoms with E-state index in [0.717, 1.165) is 24.4 Å². The highest BCUT2D eigenvalue weighted by molar-refractivity contribution is 7.92. The Morgan fingerprint density at radius 1 is 0.956 bits per heavy atom. The van der Waals surface area contributed by atoms with Gasteiger partial charge in [0.05, 0.1) is 26.9 Å². The molecule has 3 aromatic carbocycles. The maximum atomic E-state index is 13.9. The number of amides is 1. The zero-order chi connectivity index (χ0) is 33.0. The van der Waals surface area contributed by atoms with Gasteiger partial charge in [-0.15, -0.1) is 0 Å². The van der Waals surface area contributed by atoms with Gasteiger partial charge in [0.1, 0.15) is 12.2 Å². The third-order valence-electron chi connectivity index (χ3n) is 7.90. The maximum Gasteiger partial charge on any atom is 0.255 e. The fourth-order valence-electron chi connectivity index (χ4n) is 5.84. The lowest BCUT2D eigenvalue weighted by atomic mass is 9.85. The molecule has 2 saturated carbocycles. The number of carbonyl (C=O) groups excluding carboxylic acids is 1. The molecule has 240 valence electrons. The van der Waals surface area contributed by atoms with Gasteiger partial charge in [0.15, 0.2) is 50.6 Å². The predicted molar refractivity (Wildman–Crippen MR) is 142 cm³/mol. The van der Waals surface area contributed by atoms with E-state index in [1.165, 1.54) is 0 Å². The van der Waals surface area contributed by atoms with Crippen molar-refractivity contribution in [2.75, 3.05) is 5.32 Å². The number of fused-ring (bicyclic) bond motifs is 2. The summed E-state index contributed by atoms with van der Waals surface area (Å²) in [7, 11) is -4.38. The van der Waals surface area contributed by atoms with Crippen molar-refractivity contribution >= 4 is 39.2 Å². The summed E-state index contributed by atoms with van der Waals surface area (Å²) in [5, 5.41) is 15.2. The second kappa shape index (κ2) is 11.9. The number of hydrogen-bond donors (Lipinski definition) is 2. The van der Waals surface area contributed by atoms with E-state index in [2.05, 4.69) is 10.5 Å². The Bertz CT molecular complexity index is 1810. The molecular formula is C28H19ClF8N2O5S. The van der Waals surface area contributed by atoms with E-state index in [-0.39, 0.29) is 23.4 Å². The van der Waals surface area contributed by atoms with E-state index >= 15 is 0 Å². The van der Waals surface area contributed by atoms with Gasteiger partial charge in [-0.25, -0.2) is 43.5 Å². The number of aliphatic hydroxyl groups is 1. The molecule has 0 heterocycles. The van der Waals surface area contributed by atoms with E-state index in [1.807, 2.05) is 0 Å². The Balaban J connectivity index is 1.35. The summed E-state index contributed by atoms with van der Waals surface area (Å²) in [6, 6.07) is 4.22. The summed E-state index contributed by atoms with van der Waals surface area (Å²) >= 11 is 6.19. The number of benzene rings is 3. The van der Waals surface area contributed by atoms with Gasteiger partial charge < -0.3 is 15.3 Å². The summed E-state index contributed by atoms with van der Waals surface area (Å²) in [5.41, 5.74) is -3.96. The fourth-order valence-corrected chi connectivity index (χ4v) is 8.75. The Hall–Kier alpha value is -3.76. The molecule has 2 unspecified atom stereocenters. The Kier molecular flexibility index (Phi) is 8.61. The lowest BCUT2D eigenvalue weighted by Crippen LogP contribution is -2.40. The summed E-state index contributed by atoms with van der Waals surface area (Å²) in [6.07, 6.45) is 1.16. The smallest absolute Gasteiger partial charge is 0.255 e. The quantitative estimate of drug-likeness (QED) is 0.0967. The Morgan fingerprint density at radius 3 is 2.18 bits per heavy atom. The van der Waals surface area contributed by atoms with E-state index < -0.39 is 108 Å². The van der Waals surface area contributed by atoms with Crippen LogP contribution in [0.25, 0.3) is 0 Å². The first kappa shape index (κ1) is 32.6. The number of nitrogens with one attached hydrogen (secondary N) is 1. The van der Waals surface area contributed by atoms with Gasteiger partial charge in [0.25, 0.3) is 5.91 Å². The van der Waals surface area contributed by atoms with Crippen molar-refractivity contribution in [1.82, 2.24) is 0 Å². The van der Waals surface area contributed by atoms with Gasteiger partial charge in [-0.2, -0.15) is 0 Å². The number of anilines is 1. The molecule has 0 radical (unpaired) electrons. The topological polar surface area (TPSA) is 105 Å². The van der Waals surface area contributed by atoms with Crippen LogP contribution >= 0.6 is 11.6 Å². The number of nitrogens with zero attached hydrogens (tertiary/aromatic N) is 1. The highest BCUT2D eigenvalue weighted by Crippen LogP contribution is 2.54. The van der Waals surface area contributed by atoms with Gasteiger partial charge in [0.2, 0.25) is 5.82 Å². The minimum atomic E-state index is -4.38. The molecule has 45 heavy (non-hydrogen) atoms. The monoisotopic (exact) mass is 682 g/mol. The van der Waals surface area contributed by atoms with E-state index in [0.29, 0.717) is 18.6 Å². The summed E-state index contributed by atoms with van der Waals surface area (Å²) in [5.74, 6) is -18.5. The lowest BCUT2D eigenvalue weighted by molar-refractivity contribution is 0.0501. The molecule has 1 amide bonds. The number of rotatable bonds is 8. The zero-order valence-corrected chi connectivity index (χ0v) is 23.9. The van der Waals surface area contributed by atoms with E-state index in [9.17, 15) is 53.4 Å². The Morgan fingerprint density at radius 2 is 1.56 bits per heavy atom. The van der Waals surface area contributed by atoms with Crippen LogP contribution < -0.4 is 5.32 Å². The molecule has 2 bridgehead atoms. The average molecular weight is 683 g/mol. The van der Waals surface area contributed by atoms with Crippen molar-refractivity contribution < 1.29 is 58.3 Å². The molecule has 0 aliphatic heterocycles. The molecule has 0 aromatic heterocycles. The second-order valence-corrected chi connectivity index (χ2v) is 13.0. The summed E-state index contributed by atoms with van der Waals surface area (Å²) < 4.78 is 136. The van der Waals surface area contributed by atoms with Crippen LogP contribution in [0, 0.1) is 58.4 Å². The normalized spacial score (nSPS) is 22.8. The van der Waals surface area contributed by atoms with Gasteiger partial charge in [0, 0.05) is 29.3 Å². The highest BCUT2D eigenvalue weighted by atomic mass is 35.5. The second-order valence-electron chi connectivity index (χ2n) is 10.6. The molecule has 0 spiro atoms. The summed E-state index contributed by atoms with van der Waals surface area (Å²) in [4.78, 5) is 17.0. The number of halogens is 9. The van der Waals surface area contributed by atoms with Gasteiger partial charge >= 0.3 is 0 Å². The highest BCUT2D eigenvalue weighted by Gasteiger charge is 2.61. The van der Waals surface area contributed by atoms with Crippen molar-refractivity contribution in [1.29, 1.82) is 0 Å². The third kappa shape index (κ3) is 5.74. The number of carbonyl (C=O) groups is 1. The fraction of sp³-hybridized carbons (Fsp3) is 0.286. The van der Waals surface area contributed by atoms with Crippen LogP contribution in [-0.2, 0) is 21.3 Å². The van der Waals surface area contributed by atoms with Crippen molar-refractivity contribution in [2.45, 2.75) is 41.6 Å². The maximum absolute atomic E-state index is 13.9. The summed E-state index contributed by atoms with van der Waals surface area (Å²) in [6.45, 7) is -1.20. The van der Waals surface area contributed by atoms with Crippen molar-refractivity contribution in [3.05, 3.63) is 93.0 Å². The van der Waals surface area contributed by atoms with Crippen LogP contribution in [0.4, 0.5) is 40.8 Å². The van der Waals surface area contributed by atoms with Crippen LogP contribution in [-0.4, -0.2) is 36.5 Å². The molecule has 3 aromatic rings. The van der Waals surface area contributed by atoms with Crippen molar-refractivity contribution in [3.63, 3.8) is 0 Å². The van der Waals surface area contributed by atoms with Crippen molar-refractivity contribution in [3.8, 4) is 0 Å². The molecule has 2 N–H and O–H groups in total. The first-order valence-corrected chi connectivity index (χ1v) is 14.9. The lowest BCUT2D eigenvalue weighted by Gasteiger charge is -2.28. The molecule has 0 saturated heterocycles. The number of oxime groups is 1. The standard InChI is InChI=1S/C28H19ClF8N2O5S/c29-16-4-2-11(27(40)39-13-6-17(30)22(34)18(31)7-13)5-19(16)45(42,43)26-12-1-3-15(26)28(41,8-12)10-38-44-9-14-20(32)23(35)25(37)24(36)21(14)33/h2,4-7,10,12,15,26,41H,1,3,8-9H2,(H,39,40)/b38-10+/t12?,15?,26-,28+/m1/s1. The molecule has 2 aliphatic carbocycles. The molecule has 4 atom stereocenters. The minimum absolute atomic E-state index is 0.156. The zero-order valence-electron chi connectivity index (χ0n) is 22.4. The van der Waals surface area contributed by atoms with E-state index in [1.54, 1.807) is 0 Å². The Labute approximate surface area is 254 Å². The third-order valence-corrected chi connectivity index (χ3v) is 10.7. The van der Waals surface area contributed by atoms with Crippen LogP contribution in [0.5, 0.6) is 0 Å². The number of sulfone groups is 1. The molecule has 2 fully saturated rings. The van der Waals surface area contributed by atoms with Crippen LogP contribution in [0.15, 0.2) is 40.4 Å². The number of hydrogen-bond acceptors (Lipinski definition) is 6. The average Bonchev–Trinajstić information content (AvgIpc) is 3.54. The van der Waals surface area contributed by atoms with Crippen LogP contribution in [0.1, 0.15) is 35.2 Å². The van der Waals surface area contributed by atoms with Crippen molar-refractivity contribution in [2.24, 2.45) is 17.0 Å². The SMILES string of the molecule is O=C(Nc1cc(F)c(F)c(F)c1)c1ccc(Cl)c(S(=O)(=O)[C@@H]2C3CCC2[C@@](O)(/C=N/OCc2c(F)c(F)c(F)c(F)c2F)C3)c1. The van der Waals surface area contributed by atoms with Gasteiger partial charge in [-0.05, 0) is 43.4 Å². The van der Waals surface area contributed by atoms with E-state index in [4.69, 9.17) is 16.4 Å². The molecule has 17 heteroatoms. The largest absolute Gasteiger partial charge is 0.391 e. The molecule has 5 rings (SSSR count).